The molecule has 0 bridgehead atoms. The molecule has 0 amide bonds. The molecule has 0 radical (unpaired) electrons. The summed E-state index contributed by atoms with van der Waals surface area (Å²) in [6.07, 6.45) is 4.10. The van der Waals surface area contributed by atoms with Gasteiger partial charge in [-0.1, -0.05) is 26.3 Å². The van der Waals surface area contributed by atoms with Gasteiger partial charge in [0.15, 0.2) is 0 Å². The molecule has 0 heterocycles. The molecule has 10 heavy (non-hydrogen) atoms. The van der Waals surface area contributed by atoms with E-state index in [9.17, 15) is 0 Å². The molecule has 1 rings (SSSR count). The first-order chi connectivity index (χ1) is 4.75. The summed E-state index contributed by atoms with van der Waals surface area (Å²) >= 11 is 0. The molecule has 0 aromatic rings. The fourth-order valence-electron chi connectivity index (χ4n) is 1.85. The number of allylic oxidation sites excluding steroid dienone is 1. The Balaban J connectivity index is 2.46. The van der Waals surface area contributed by atoms with Gasteiger partial charge in [0.2, 0.25) is 0 Å². The first-order valence-electron chi connectivity index (χ1n) is 4.12. The van der Waals surface area contributed by atoms with Gasteiger partial charge in [0.1, 0.15) is 0 Å². The summed E-state index contributed by atoms with van der Waals surface area (Å²) in [5.41, 5.74) is 1.23. The van der Waals surface area contributed by atoms with Gasteiger partial charge in [0.05, 0.1) is 0 Å². The van der Waals surface area contributed by atoms with Crippen molar-refractivity contribution in [3.05, 3.63) is 12.3 Å². The molecular formula is C9H17N. The van der Waals surface area contributed by atoms with Crippen LogP contribution in [0.15, 0.2) is 12.3 Å². The van der Waals surface area contributed by atoms with Gasteiger partial charge in [-0.25, -0.2) is 0 Å². The Labute approximate surface area is 63.5 Å². The molecule has 1 saturated carbocycles. The zero-order chi connectivity index (χ0) is 7.56. The minimum atomic E-state index is 0.741. The van der Waals surface area contributed by atoms with Crippen LogP contribution in [0.5, 0.6) is 0 Å². The van der Waals surface area contributed by atoms with Crippen molar-refractivity contribution in [2.45, 2.75) is 26.2 Å². The lowest BCUT2D eigenvalue weighted by Gasteiger charge is -2.17. The molecule has 1 N–H and O–H groups in total. The number of nitrogens with one attached hydrogen (secondary N) is 1. The fraction of sp³-hybridized carbons (Fsp3) is 0.778. The van der Waals surface area contributed by atoms with Crippen molar-refractivity contribution >= 4 is 0 Å². The van der Waals surface area contributed by atoms with Crippen LogP contribution in [-0.2, 0) is 0 Å². The molecule has 1 heteroatoms. The molecule has 2 unspecified atom stereocenters. The van der Waals surface area contributed by atoms with Crippen LogP contribution in [0.1, 0.15) is 26.2 Å². The highest BCUT2D eigenvalue weighted by molar-refractivity contribution is 5.01. The van der Waals surface area contributed by atoms with E-state index in [-0.39, 0.29) is 0 Å². The Bertz CT molecular complexity index is 129. The van der Waals surface area contributed by atoms with Crippen molar-refractivity contribution in [3.8, 4) is 0 Å². The van der Waals surface area contributed by atoms with E-state index in [0.717, 1.165) is 11.8 Å². The zero-order valence-electron chi connectivity index (χ0n) is 6.98. The first-order valence-corrected chi connectivity index (χ1v) is 4.12. The van der Waals surface area contributed by atoms with E-state index in [0.29, 0.717) is 0 Å². The van der Waals surface area contributed by atoms with Crippen LogP contribution < -0.4 is 5.32 Å². The summed E-state index contributed by atoms with van der Waals surface area (Å²) in [6, 6.07) is 0. The molecule has 0 aliphatic heterocycles. The Morgan fingerprint density at radius 3 is 2.60 bits per heavy atom. The van der Waals surface area contributed by atoms with Gasteiger partial charge < -0.3 is 5.32 Å². The smallest absolute Gasteiger partial charge is 0.00652 e. The first kappa shape index (κ1) is 7.64. The maximum Gasteiger partial charge on any atom is 0.00652 e. The standard InChI is InChI=1S/C9H17N/c1-7-5-4-6-9(7)8(2)10-3/h7,9-10H,2,4-6H2,1,3H3. The molecule has 1 aliphatic carbocycles. The monoisotopic (exact) mass is 139 g/mol. The Hall–Kier alpha value is -0.460. The van der Waals surface area contributed by atoms with Gasteiger partial charge in [-0.05, 0) is 12.3 Å². The summed E-state index contributed by atoms with van der Waals surface area (Å²) in [4.78, 5) is 0. The minimum absolute atomic E-state index is 0.741. The molecular weight excluding hydrogens is 122 g/mol. The zero-order valence-corrected chi connectivity index (χ0v) is 6.98. The van der Waals surface area contributed by atoms with Crippen molar-refractivity contribution in [2.24, 2.45) is 11.8 Å². The van der Waals surface area contributed by atoms with E-state index in [1.54, 1.807) is 0 Å². The Kier molecular flexibility index (Phi) is 2.36. The maximum absolute atomic E-state index is 3.99. The van der Waals surface area contributed by atoms with Crippen molar-refractivity contribution in [1.29, 1.82) is 0 Å². The van der Waals surface area contributed by atoms with E-state index in [2.05, 4.69) is 18.8 Å². The lowest BCUT2D eigenvalue weighted by atomic mass is 9.95. The molecule has 0 saturated heterocycles. The van der Waals surface area contributed by atoms with Crippen LogP contribution in [-0.4, -0.2) is 7.05 Å². The van der Waals surface area contributed by atoms with Crippen molar-refractivity contribution in [2.75, 3.05) is 7.05 Å². The molecule has 1 nitrogen and oxygen atoms in total. The van der Waals surface area contributed by atoms with Crippen LogP contribution in [0.4, 0.5) is 0 Å². The van der Waals surface area contributed by atoms with Gasteiger partial charge >= 0.3 is 0 Å². The highest BCUT2D eigenvalue weighted by Crippen LogP contribution is 2.34. The summed E-state index contributed by atoms with van der Waals surface area (Å²) in [5.74, 6) is 1.59. The van der Waals surface area contributed by atoms with Gasteiger partial charge in [0.25, 0.3) is 0 Å². The largest absolute Gasteiger partial charge is 0.392 e. The number of hydrogen-bond donors (Lipinski definition) is 1. The quantitative estimate of drug-likeness (QED) is 0.618. The third kappa shape index (κ3) is 1.34. The second-order valence-electron chi connectivity index (χ2n) is 3.29. The third-order valence-corrected chi connectivity index (χ3v) is 2.63. The number of rotatable bonds is 2. The fourth-order valence-corrected chi connectivity index (χ4v) is 1.85. The lowest BCUT2D eigenvalue weighted by molar-refractivity contribution is 0.462. The van der Waals surface area contributed by atoms with Gasteiger partial charge in [0, 0.05) is 18.7 Å². The van der Waals surface area contributed by atoms with E-state index in [1.807, 2.05) is 7.05 Å². The molecule has 0 aromatic carbocycles. The van der Waals surface area contributed by atoms with Crippen LogP contribution in [0.2, 0.25) is 0 Å². The van der Waals surface area contributed by atoms with Crippen LogP contribution in [0, 0.1) is 11.8 Å². The maximum atomic E-state index is 3.99. The molecule has 1 fully saturated rings. The average molecular weight is 139 g/mol. The predicted octanol–water partition coefficient (Wildman–Crippen LogP) is 2.16. The molecule has 0 spiro atoms. The molecule has 1 aliphatic rings. The normalized spacial score (nSPS) is 32.2. The Morgan fingerprint density at radius 2 is 2.20 bits per heavy atom. The van der Waals surface area contributed by atoms with E-state index in [1.165, 1.54) is 25.0 Å². The SMILES string of the molecule is C=C(NC)C1CCCC1C. The van der Waals surface area contributed by atoms with Crippen molar-refractivity contribution in [1.82, 2.24) is 5.32 Å². The summed E-state index contributed by atoms with van der Waals surface area (Å²) in [7, 11) is 1.97. The van der Waals surface area contributed by atoms with Crippen LogP contribution >= 0.6 is 0 Å². The lowest BCUT2D eigenvalue weighted by Crippen LogP contribution is -2.16. The van der Waals surface area contributed by atoms with Crippen molar-refractivity contribution < 1.29 is 0 Å². The number of hydrogen-bond acceptors (Lipinski definition) is 1. The van der Waals surface area contributed by atoms with E-state index >= 15 is 0 Å². The van der Waals surface area contributed by atoms with Crippen LogP contribution in [0.25, 0.3) is 0 Å². The van der Waals surface area contributed by atoms with E-state index in [4.69, 9.17) is 0 Å². The second-order valence-corrected chi connectivity index (χ2v) is 3.29. The minimum Gasteiger partial charge on any atom is -0.392 e. The van der Waals surface area contributed by atoms with Gasteiger partial charge in [-0.3, -0.25) is 0 Å². The Morgan fingerprint density at radius 1 is 1.50 bits per heavy atom. The molecule has 58 valence electrons. The summed E-state index contributed by atoms with van der Waals surface area (Å²) in [6.45, 7) is 6.31. The predicted molar refractivity (Wildman–Crippen MR) is 44.7 cm³/mol. The summed E-state index contributed by atoms with van der Waals surface area (Å²) in [5, 5.41) is 3.14. The summed E-state index contributed by atoms with van der Waals surface area (Å²) < 4.78 is 0. The average Bonchev–Trinajstić information content (AvgIpc) is 2.34. The third-order valence-electron chi connectivity index (χ3n) is 2.63. The van der Waals surface area contributed by atoms with E-state index < -0.39 is 0 Å². The second kappa shape index (κ2) is 3.09. The highest BCUT2D eigenvalue weighted by atomic mass is 14.8. The molecule has 0 aromatic heterocycles. The van der Waals surface area contributed by atoms with Gasteiger partial charge in [-0.2, -0.15) is 0 Å². The van der Waals surface area contributed by atoms with Gasteiger partial charge in [-0.15, -0.1) is 0 Å². The molecule has 2 atom stereocenters. The topological polar surface area (TPSA) is 12.0 Å². The van der Waals surface area contributed by atoms with Crippen molar-refractivity contribution in [3.63, 3.8) is 0 Å². The highest BCUT2D eigenvalue weighted by Gasteiger charge is 2.24. The van der Waals surface area contributed by atoms with Crippen LogP contribution in [0.3, 0.4) is 0 Å².